The Hall–Kier alpha value is -2.02. The van der Waals surface area contributed by atoms with Crippen LogP contribution in [0.4, 0.5) is 10.5 Å². The zero-order chi connectivity index (χ0) is 17.6. The molecule has 0 spiro atoms. The van der Waals surface area contributed by atoms with E-state index in [0.717, 1.165) is 42.6 Å². The minimum Gasteiger partial charge on any atom is -0.332 e. The van der Waals surface area contributed by atoms with Gasteiger partial charge in [-0.25, -0.2) is 4.79 Å². The molecule has 25 heavy (non-hydrogen) atoms. The maximum Gasteiger partial charge on any atom is 0.315 e. The summed E-state index contributed by atoms with van der Waals surface area (Å²) in [5.41, 5.74) is 1.70. The minimum atomic E-state index is -0.0566. The molecule has 3 rings (SSSR count). The van der Waals surface area contributed by atoms with Crippen molar-refractivity contribution in [2.75, 3.05) is 11.1 Å². The SMILES string of the molecule is O=CCc1ccc(NC(=O)CCCC[C@@H]2SC[C@@H]3NC(=O)N[C@@H]32)cc1. The number of thioether (sulfide) groups is 1. The number of unbranched alkanes of at least 4 members (excludes halogenated alkanes) is 1. The van der Waals surface area contributed by atoms with Gasteiger partial charge in [0.15, 0.2) is 0 Å². The summed E-state index contributed by atoms with van der Waals surface area (Å²) < 4.78 is 0. The lowest BCUT2D eigenvalue weighted by atomic mass is 10.0. The number of fused-ring (bicyclic) bond motifs is 1. The number of carbonyl (C=O) groups is 3. The first-order chi connectivity index (χ1) is 12.2. The van der Waals surface area contributed by atoms with Gasteiger partial charge in [0.2, 0.25) is 5.91 Å². The molecule has 0 aromatic heterocycles. The highest BCUT2D eigenvalue weighted by atomic mass is 32.2. The van der Waals surface area contributed by atoms with Crippen molar-refractivity contribution in [2.45, 2.75) is 49.4 Å². The van der Waals surface area contributed by atoms with Crippen LogP contribution in [0.25, 0.3) is 0 Å². The molecule has 3 atom stereocenters. The number of carbonyl (C=O) groups excluding carboxylic acids is 3. The lowest BCUT2D eigenvalue weighted by Gasteiger charge is -2.16. The summed E-state index contributed by atoms with van der Waals surface area (Å²) in [4.78, 5) is 33.8. The number of anilines is 1. The van der Waals surface area contributed by atoms with Gasteiger partial charge in [0.05, 0.1) is 12.1 Å². The number of rotatable bonds is 8. The molecule has 0 bridgehead atoms. The van der Waals surface area contributed by atoms with Crippen molar-refractivity contribution in [3.8, 4) is 0 Å². The summed E-state index contributed by atoms with van der Waals surface area (Å²) in [6.07, 6.45) is 4.58. The molecule has 1 aromatic carbocycles. The highest BCUT2D eigenvalue weighted by Gasteiger charge is 2.42. The van der Waals surface area contributed by atoms with Crippen LogP contribution in [0.1, 0.15) is 31.2 Å². The van der Waals surface area contributed by atoms with Gasteiger partial charge in [-0.3, -0.25) is 4.79 Å². The molecule has 7 heteroatoms. The van der Waals surface area contributed by atoms with Gasteiger partial charge < -0.3 is 20.7 Å². The monoisotopic (exact) mass is 361 g/mol. The number of amides is 3. The second-order valence-electron chi connectivity index (χ2n) is 6.48. The lowest BCUT2D eigenvalue weighted by molar-refractivity contribution is -0.116. The third kappa shape index (κ3) is 4.75. The molecule has 3 amide bonds. The molecule has 134 valence electrons. The van der Waals surface area contributed by atoms with E-state index in [1.807, 2.05) is 36.0 Å². The van der Waals surface area contributed by atoms with Crippen LogP contribution in [0, 0.1) is 0 Å². The molecule has 2 fully saturated rings. The molecule has 2 heterocycles. The molecule has 0 saturated carbocycles. The largest absolute Gasteiger partial charge is 0.332 e. The van der Waals surface area contributed by atoms with Crippen molar-refractivity contribution in [3.63, 3.8) is 0 Å². The predicted octanol–water partition coefficient (Wildman–Crippen LogP) is 2.09. The maximum atomic E-state index is 12.0. The number of hydrogen-bond donors (Lipinski definition) is 3. The number of urea groups is 1. The quantitative estimate of drug-likeness (QED) is 0.376. The fourth-order valence-corrected chi connectivity index (χ4v) is 4.86. The van der Waals surface area contributed by atoms with E-state index in [2.05, 4.69) is 16.0 Å². The van der Waals surface area contributed by atoms with E-state index < -0.39 is 0 Å². The van der Waals surface area contributed by atoms with E-state index in [1.165, 1.54) is 0 Å². The lowest BCUT2D eigenvalue weighted by Crippen LogP contribution is -2.36. The van der Waals surface area contributed by atoms with Crippen molar-refractivity contribution in [2.24, 2.45) is 0 Å². The van der Waals surface area contributed by atoms with Crippen LogP contribution in [0.2, 0.25) is 0 Å². The van der Waals surface area contributed by atoms with Gasteiger partial charge in [0, 0.05) is 29.5 Å². The summed E-state index contributed by atoms with van der Waals surface area (Å²) in [6, 6.07) is 7.77. The highest BCUT2D eigenvalue weighted by molar-refractivity contribution is 8.00. The van der Waals surface area contributed by atoms with Crippen LogP contribution in [0.3, 0.4) is 0 Å². The molecule has 2 saturated heterocycles. The molecule has 3 N–H and O–H groups in total. The third-order valence-electron chi connectivity index (χ3n) is 4.64. The normalized spacial score (nSPS) is 24.3. The molecule has 1 aromatic rings. The first-order valence-electron chi connectivity index (χ1n) is 8.67. The molecule has 2 aliphatic heterocycles. The van der Waals surface area contributed by atoms with E-state index in [-0.39, 0.29) is 24.0 Å². The summed E-state index contributed by atoms with van der Waals surface area (Å²) in [7, 11) is 0. The van der Waals surface area contributed by atoms with Crippen molar-refractivity contribution < 1.29 is 14.4 Å². The molecule has 0 radical (unpaired) electrons. The molecular weight excluding hydrogens is 338 g/mol. The fraction of sp³-hybridized carbons (Fsp3) is 0.500. The van der Waals surface area contributed by atoms with E-state index in [1.54, 1.807) is 0 Å². The van der Waals surface area contributed by atoms with Gasteiger partial charge in [-0.15, -0.1) is 0 Å². The Morgan fingerprint density at radius 3 is 2.80 bits per heavy atom. The van der Waals surface area contributed by atoms with Gasteiger partial charge in [-0.1, -0.05) is 18.6 Å². The number of hydrogen-bond acceptors (Lipinski definition) is 4. The van der Waals surface area contributed by atoms with Gasteiger partial charge in [0.25, 0.3) is 0 Å². The smallest absolute Gasteiger partial charge is 0.315 e. The third-order valence-corrected chi connectivity index (χ3v) is 6.15. The van der Waals surface area contributed by atoms with Crippen molar-refractivity contribution in [3.05, 3.63) is 29.8 Å². The van der Waals surface area contributed by atoms with E-state index in [4.69, 9.17) is 0 Å². The Labute approximate surface area is 151 Å². The van der Waals surface area contributed by atoms with Gasteiger partial charge in [0.1, 0.15) is 6.29 Å². The fourth-order valence-electron chi connectivity index (χ4n) is 3.32. The summed E-state index contributed by atoms with van der Waals surface area (Å²) in [6.45, 7) is 0. The van der Waals surface area contributed by atoms with Gasteiger partial charge in [-0.05, 0) is 30.5 Å². The Bertz CT molecular complexity index is 635. The summed E-state index contributed by atoms with van der Waals surface area (Å²) in [5, 5.41) is 9.25. The zero-order valence-corrected chi connectivity index (χ0v) is 14.8. The standard InChI is InChI=1S/C18H23N3O3S/c22-10-9-12-5-7-13(8-6-12)19-16(23)4-2-1-3-15-17-14(11-25-15)20-18(24)21-17/h5-8,10,14-15,17H,1-4,9,11H2,(H,19,23)(H2,20,21,24)/t14-,15-,17-/m0/s1. The van der Waals surface area contributed by atoms with Gasteiger partial charge in [-0.2, -0.15) is 11.8 Å². The first-order valence-corrected chi connectivity index (χ1v) is 9.71. The highest BCUT2D eigenvalue weighted by Crippen LogP contribution is 2.33. The van der Waals surface area contributed by atoms with Crippen LogP contribution >= 0.6 is 11.8 Å². The van der Waals surface area contributed by atoms with Crippen LogP contribution in [-0.4, -0.2) is 41.3 Å². The number of benzene rings is 1. The number of nitrogens with one attached hydrogen (secondary N) is 3. The molecule has 6 nitrogen and oxygen atoms in total. The minimum absolute atomic E-state index is 0.0101. The molecule has 0 aliphatic carbocycles. The molecule has 0 unspecified atom stereocenters. The Morgan fingerprint density at radius 2 is 2.04 bits per heavy atom. The van der Waals surface area contributed by atoms with E-state index in [0.29, 0.717) is 18.1 Å². The Morgan fingerprint density at radius 1 is 1.24 bits per heavy atom. The molecular formula is C18H23N3O3S. The van der Waals surface area contributed by atoms with Crippen LogP contribution in [0.5, 0.6) is 0 Å². The van der Waals surface area contributed by atoms with Crippen LogP contribution in [-0.2, 0) is 16.0 Å². The number of aldehydes is 1. The average Bonchev–Trinajstić information content (AvgIpc) is 3.13. The summed E-state index contributed by atoms with van der Waals surface area (Å²) >= 11 is 1.90. The first kappa shape index (κ1) is 17.8. The Balaban J connectivity index is 1.34. The van der Waals surface area contributed by atoms with Crippen LogP contribution < -0.4 is 16.0 Å². The average molecular weight is 361 g/mol. The topological polar surface area (TPSA) is 87.3 Å². The van der Waals surface area contributed by atoms with Crippen molar-refractivity contribution in [1.82, 2.24) is 10.6 Å². The van der Waals surface area contributed by atoms with Crippen molar-refractivity contribution in [1.29, 1.82) is 0 Å². The van der Waals surface area contributed by atoms with E-state index in [9.17, 15) is 14.4 Å². The van der Waals surface area contributed by atoms with Gasteiger partial charge >= 0.3 is 6.03 Å². The predicted molar refractivity (Wildman–Crippen MR) is 98.8 cm³/mol. The van der Waals surface area contributed by atoms with Crippen molar-refractivity contribution >= 4 is 35.7 Å². The summed E-state index contributed by atoms with van der Waals surface area (Å²) in [5.74, 6) is 0.977. The second kappa shape index (κ2) is 8.38. The molecule has 2 aliphatic rings. The van der Waals surface area contributed by atoms with Crippen LogP contribution in [0.15, 0.2) is 24.3 Å². The maximum absolute atomic E-state index is 12.0. The second-order valence-corrected chi connectivity index (χ2v) is 7.76. The zero-order valence-electron chi connectivity index (χ0n) is 14.0. The Kier molecular flexibility index (Phi) is 5.96. The van der Waals surface area contributed by atoms with E-state index >= 15 is 0 Å².